The minimum atomic E-state index is -3.54. The Bertz CT molecular complexity index is 1370. The van der Waals surface area contributed by atoms with E-state index in [1.165, 1.54) is 12.1 Å². The third-order valence-electron chi connectivity index (χ3n) is 5.99. The lowest BCUT2D eigenvalue weighted by Crippen LogP contribution is -2.31. The molecule has 8 nitrogen and oxygen atoms in total. The van der Waals surface area contributed by atoms with Gasteiger partial charge in [0.05, 0.1) is 10.6 Å². The summed E-state index contributed by atoms with van der Waals surface area (Å²) in [6, 6.07) is 15.4. The second-order valence-corrected chi connectivity index (χ2v) is 10.3. The summed E-state index contributed by atoms with van der Waals surface area (Å²) in [5.74, 6) is 0.319. The van der Waals surface area contributed by atoms with Crippen LogP contribution in [0.25, 0.3) is 17.0 Å². The number of fused-ring (bicyclic) bond motifs is 1. The molecule has 1 aliphatic rings. The van der Waals surface area contributed by atoms with E-state index in [0.29, 0.717) is 30.1 Å². The highest BCUT2D eigenvalue weighted by atomic mass is 32.2. The number of imidazole rings is 1. The first kappa shape index (κ1) is 22.2. The van der Waals surface area contributed by atoms with Gasteiger partial charge in [-0.1, -0.05) is 25.0 Å². The van der Waals surface area contributed by atoms with Crippen molar-refractivity contribution < 1.29 is 13.2 Å². The summed E-state index contributed by atoms with van der Waals surface area (Å²) in [5.41, 5.74) is 2.73. The average Bonchev–Trinajstić information content (AvgIpc) is 3.09. The van der Waals surface area contributed by atoms with E-state index in [9.17, 15) is 13.2 Å². The van der Waals surface area contributed by atoms with E-state index >= 15 is 0 Å². The molecule has 0 radical (unpaired) electrons. The summed E-state index contributed by atoms with van der Waals surface area (Å²) in [7, 11) is -3.54. The van der Waals surface area contributed by atoms with Gasteiger partial charge in [-0.15, -0.1) is 0 Å². The number of nitrogens with one attached hydrogen (secondary N) is 1. The van der Waals surface area contributed by atoms with E-state index in [-0.39, 0.29) is 10.8 Å². The molecule has 2 aromatic carbocycles. The average molecular weight is 476 g/mol. The molecular formula is C25H25N5O3S. The van der Waals surface area contributed by atoms with E-state index in [1.807, 2.05) is 47.1 Å². The highest BCUT2D eigenvalue weighted by molar-refractivity contribution is 7.89. The molecule has 9 heteroatoms. The van der Waals surface area contributed by atoms with Crippen molar-refractivity contribution >= 4 is 27.4 Å². The number of sulfonamides is 1. The topological polar surface area (TPSA) is 96.7 Å². The molecule has 3 heterocycles. The van der Waals surface area contributed by atoms with Gasteiger partial charge in [0, 0.05) is 48.5 Å². The predicted octanol–water partition coefficient (Wildman–Crippen LogP) is 4.21. The molecular weight excluding hydrogens is 450 g/mol. The number of benzene rings is 2. The van der Waals surface area contributed by atoms with Gasteiger partial charge >= 0.3 is 0 Å². The number of carbonyl (C=O) groups excluding carboxylic acids is 1. The summed E-state index contributed by atoms with van der Waals surface area (Å²) in [4.78, 5) is 21.6. The molecule has 1 amide bonds. The maximum Gasteiger partial charge on any atom is 0.255 e. The molecule has 0 spiro atoms. The Morgan fingerprint density at radius 1 is 0.912 bits per heavy atom. The largest absolute Gasteiger partial charge is 0.322 e. The van der Waals surface area contributed by atoms with Crippen LogP contribution in [0.15, 0.2) is 78.1 Å². The normalized spacial score (nSPS) is 15.2. The molecule has 5 rings (SSSR count). The highest BCUT2D eigenvalue weighted by Crippen LogP contribution is 2.23. The van der Waals surface area contributed by atoms with Gasteiger partial charge < -0.3 is 5.32 Å². The molecule has 1 fully saturated rings. The maximum absolute atomic E-state index is 12.9. The standard InChI is InChI=1S/C25H25N5O3S/c31-24(20-8-12-22(13-9-20)34(32,33)30-16-3-1-2-4-17-30)27-21-10-6-19(7-11-21)23-18-29-15-5-14-26-25(29)28-23/h5-15,18H,1-4,16-17H2,(H,27,31). The summed E-state index contributed by atoms with van der Waals surface area (Å²) < 4.78 is 29.3. The van der Waals surface area contributed by atoms with Gasteiger partial charge in [-0.2, -0.15) is 4.31 Å². The van der Waals surface area contributed by atoms with Crippen molar-refractivity contribution in [2.45, 2.75) is 30.6 Å². The van der Waals surface area contributed by atoms with Crippen molar-refractivity contribution in [1.82, 2.24) is 18.7 Å². The van der Waals surface area contributed by atoms with Crippen LogP contribution in [-0.4, -0.2) is 46.1 Å². The summed E-state index contributed by atoms with van der Waals surface area (Å²) >= 11 is 0. The SMILES string of the molecule is O=C(Nc1ccc(-c2cn3cccnc3n2)cc1)c1ccc(S(=O)(=O)N2CCCCCC2)cc1. The number of rotatable bonds is 5. The van der Waals surface area contributed by atoms with Gasteiger partial charge in [0.15, 0.2) is 0 Å². The molecule has 0 bridgehead atoms. The van der Waals surface area contributed by atoms with E-state index in [2.05, 4.69) is 15.3 Å². The number of nitrogens with zero attached hydrogens (tertiary/aromatic N) is 4. The zero-order chi connectivity index (χ0) is 23.5. The Kier molecular flexibility index (Phi) is 6.12. The van der Waals surface area contributed by atoms with Crippen molar-refractivity contribution in [3.05, 3.63) is 78.8 Å². The second kappa shape index (κ2) is 9.36. The fourth-order valence-electron chi connectivity index (χ4n) is 4.11. The Morgan fingerprint density at radius 3 is 2.29 bits per heavy atom. The van der Waals surface area contributed by atoms with Crippen molar-refractivity contribution in [1.29, 1.82) is 0 Å². The lowest BCUT2D eigenvalue weighted by atomic mass is 10.1. The van der Waals surface area contributed by atoms with Crippen LogP contribution in [0.1, 0.15) is 36.0 Å². The van der Waals surface area contributed by atoms with Crippen molar-refractivity contribution in [2.24, 2.45) is 0 Å². The Balaban J connectivity index is 1.27. The fraction of sp³-hybridized carbons (Fsp3) is 0.240. The van der Waals surface area contributed by atoms with Crippen molar-refractivity contribution in [3.63, 3.8) is 0 Å². The summed E-state index contributed by atoms with van der Waals surface area (Å²) in [5, 5.41) is 2.86. The third kappa shape index (κ3) is 4.57. The molecule has 0 saturated carbocycles. The van der Waals surface area contributed by atoms with Crippen LogP contribution in [0.3, 0.4) is 0 Å². The van der Waals surface area contributed by atoms with Gasteiger partial charge in [-0.3, -0.25) is 9.20 Å². The molecule has 174 valence electrons. The lowest BCUT2D eigenvalue weighted by Gasteiger charge is -2.20. The minimum absolute atomic E-state index is 0.220. The molecule has 34 heavy (non-hydrogen) atoms. The monoisotopic (exact) mass is 475 g/mol. The van der Waals surface area contributed by atoms with Crippen LogP contribution in [0.5, 0.6) is 0 Å². The van der Waals surface area contributed by atoms with E-state index < -0.39 is 10.0 Å². The molecule has 0 unspecified atom stereocenters. The number of anilines is 1. The van der Waals surface area contributed by atoms with Gasteiger partial charge in [0.25, 0.3) is 5.91 Å². The first-order valence-electron chi connectivity index (χ1n) is 11.3. The smallest absolute Gasteiger partial charge is 0.255 e. The van der Waals surface area contributed by atoms with E-state index in [0.717, 1.165) is 36.9 Å². The Labute approximate surface area is 198 Å². The van der Waals surface area contributed by atoms with Crippen LogP contribution in [0.2, 0.25) is 0 Å². The van der Waals surface area contributed by atoms with E-state index in [4.69, 9.17) is 0 Å². The molecule has 2 aromatic heterocycles. The van der Waals surface area contributed by atoms with Crippen LogP contribution in [-0.2, 0) is 10.0 Å². The third-order valence-corrected chi connectivity index (χ3v) is 7.91. The van der Waals surface area contributed by atoms with Gasteiger partial charge in [0.1, 0.15) is 0 Å². The van der Waals surface area contributed by atoms with Crippen molar-refractivity contribution in [3.8, 4) is 11.3 Å². The molecule has 4 aromatic rings. The van der Waals surface area contributed by atoms with Gasteiger partial charge in [-0.25, -0.2) is 18.4 Å². The summed E-state index contributed by atoms with van der Waals surface area (Å²) in [6.45, 7) is 1.10. The zero-order valence-electron chi connectivity index (χ0n) is 18.6. The molecule has 1 saturated heterocycles. The number of hydrogen-bond acceptors (Lipinski definition) is 5. The molecule has 1 N–H and O–H groups in total. The van der Waals surface area contributed by atoms with Crippen LogP contribution in [0, 0.1) is 0 Å². The quantitative estimate of drug-likeness (QED) is 0.466. The number of carbonyl (C=O) groups is 1. The minimum Gasteiger partial charge on any atom is -0.322 e. The van der Waals surface area contributed by atoms with Crippen LogP contribution in [0.4, 0.5) is 5.69 Å². The Morgan fingerprint density at radius 2 is 1.62 bits per heavy atom. The number of amides is 1. The number of aromatic nitrogens is 3. The second-order valence-electron chi connectivity index (χ2n) is 8.33. The van der Waals surface area contributed by atoms with Crippen LogP contribution >= 0.6 is 0 Å². The maximum atomic E-state index is 12.9. The Hall–Kier alpha value is -3.56. The molecule has 1 aliphatic heterocycles. The lowest BCUT2D eigenvalue weighted by molar-refractivity contribution is 0.102. The fourth-order valence-corrected chi connectivity index (χ4v) is 5.62. The number of hydrogen-bond donors (Lipinski definition) is 1. The zero-order valence-corrected chi connectivity index (χ0v) is 19.4. The van der Waals surface area contributed by atoms with Crippen molar-refractivity contribution in [2.75, 3.05) is 18.4 Å². The van der Waals surface area contributed by atoms with Gasteiger partial charge in [-0.05, 0) is 55.3 Å². The predicted molar refractivity (Wildman–Crippen MR) is 130 cm³/mol. The first-order chi connectivity index (χ1) is 16.5. The summed E-state index contributed by atoms with van der Waals surface area (Å²) in [6.07, 6.45) is 9.36. The van der Waals surface area contributed by atoms with Crippen LogP contribution < -0.4 is 5.32 Å². The first-order valence-corrected chi connectivity index (χ1v) is 12.8. The molecule has 0 aliphatic carbocycles. The highest BCUT2D eigenvalue weighted by Gasteiger charge is 2.25. The van der Waals surface area contributed by atoms with E-state index in [1.54, 1.807) is 22.6 Å². The molecule has 0 atom stereocenters. The van der Waals surface area contributed by atoms with Gasteiger partial charge in [0.2, 0.25) is 15.8 Å².